The Morgan fingerprint density at radius 2 is 2.00 bits per heavy atom. The standard InChI is InChI=1S/C12H10N2O3S/c1-18-11-8(12(16)17)10(15)13-9(14-11)7-5-3-2-4-6-7/h2-6H,1H3,(H,16,17)(H,13,14,15). The number of thioether (sulfide) groups is 1. The largest absolute Gasteiger partial charge is 0.477 e. The predicted molar refractivity (Wildman–Crippen MR) is 69.0 cm³/mol. The lowest BCUT2D eigenvalue weighted by Gasteiger charge is -2.05. The third kappa shape index (κ3) is 2.28. The maximum Gasteiger partial charge on any atom is 0.344 e. The number of hydrogen-bond donors (Lipinski definition) is 2. The molecule has 0 saturated carbocycles. The van der Waals surface area contributed by atoms with Gasteiger partial charge in [0.25, 0.3) is 5.56 Å². The number of H-pyrrole nitrogens is 1. The maximum atomic E-state index is 11.7. The van der Waals surface area contributed by atoms with E-state index in [9.17, 15) is 9.59 Å². The second-order valence-electron chi connectivity index (χ2n) is 3.47. The van der Waals surface area contributed by atoms with Gasteiger partial charge in [-0.15, -0.1) is 11.8 Å². The zero-order chi connectivity index (χ0) is 13.1. The number of aromatic amines is 1. The summed E-state index contributed by atoms with van der Waals surface area (Å²) in [5.74, 6) is -0.900. The molecule has 1 aromatic carbocycles. The number of nitrogens with one attached hydrogen (secondary N) is 1. The summed E-state index contributed by atoms with van der Waals surface area (Å²) in [6, 6.07) is 9.08. The lowest BCUT2D eigenvalue weighted by atomic mass is 10.2. The minimum atomic E-state index is -1.27. The number of carbonyl (C=O) groups is 1. The Kier molecular flexibility index (Phi) is 3.47. The highest BCUT2D eigenvalue weighted by atomic mass is 32.2. The number of benzene rings is 1. The van der Waals surface area contributed by atoms with Crippen LogP contribution in [-0.4, -0.2) is 27.3 Å². The normalized spacial score (nSPS) is 10.3. The van der Waals surface area contributed by atoms with Crippen LogP contribution < -0.4 is 5.56 Å². The Bertz CT molecular complexity index is 638. The van der Waals surface area contributed by atoms with Gasteiger partial charge in [0.05, 0.1) is 0 Å². The van der Waals surface area contributed by atoms with Crippen LogP contribution in [-0.2, 0) is 0 Å². The van der Waals surface area contributed by atoms with Crippen LogP contribution in [0, 0.1) is 0 Å². The molecule has 0 bridgehead atoms. The van der Waals surface area contributed by atoms with E-state index in [1.165, 1.54) is 0 Å². The van der Waals surface area contributed by atoms with Gasteiger partial charge in [0.2, 0.25) is 0 Å². The lowest BCUT2D eigenvalue weighted by Crippen LogP contribution is -2.21. The van der Waals surface area contributed by atoms with Gasteiger partial charge in [-0.1, -0.05) is 30.3 Å². The van der Waals surface area contributed by atoms with Crippen LogP contribution >= 0.6 is 11.8 Å². The summed E-state index contributed by atoms with van der Waals surface area (Å²) in [5.41, 5.74) is -0.218. The average Bonchev–Trinajstić information content (AvgIpc) is 2.38. The number of carboxylic acids is 1. The molecule has 0 unspecified atom stereocenters. The summed E-state index contributed by atoms with van der Waals surface area (Å²) in [6.45, 7) is 0. The summed E-state index contributed by atoms with van der Waals surface area (Å²) in [7, 11) is 0. The van der Waals surface area contributed by atoms with Gasteiger partial charge in [-0.3, -0.25) is 4.79 Å². The molecule has 0 radical (unpaired) electrons. The first-order valence-electron chi connectivity index (χ1n) is 5.10. The SMILES string of the molecule is CSc1nc(-c2ccccc2)[nH]c(=O)c1C(=O)O. The molecule has 92 valence electrons. The molecule has 0 fully saturated rings. The lowest BCUT2D eigenvalue weighted by molar-refractivity contribution is 0.0690. The monoisotopic (exact) mass is 262 g/mol. The first-order valence-corrected chi connectivity index (χ1v) is 6.33. The second kappa shape index (κ2) is 5.05. The van der Waals surface area contributed by atoms with Crippen molar-refractivity contribution in [1.29, 1.82) is 0 Å². The van der Waals surface area contributed by atoms with Crippen molar-refractivity contribution in [1.82, 2.24) is 9.97 Å². The van der Waals surface area contributed by atoms with E-state index >= 15 is 0 Å². The van der Waals surface area contributed by atoms with Gasteiger partial charge in [0.1, 0.15) is 10.9 Å². The second-order valence-corrected chi connectivity index (χ2v) is 4.26. The van der Waals surface area contributed by atoms with E-state index in [2.05, 4.69) is 9.97 Å². The summed E-state index contributed by atoms with van der Waals surface area (Å²) < 4.78 is 0. The van der Waals surface area contributed by atoms with Gasteiger partial charge in [-0.25, -0.2) is 9.78 Å². The number of rotatable bonds is 3. The quantitative estimate of drug-likeness (QED) is 0.651. The summed E-state index contributed by atoms with van der Waals surface area (Å²) >= 11 is 1.13. The molecule has 0 aliphatic carbocycles. The van der Waals surface area contributed by atoms with Gasteiger partial charge >= 0.3 is 5.97 Å². The summed E-state index contributed by atoms with van der Waals surface area (Å²) in [4.78, 5) is 29.4. The van der Waals surface area contributed by atoms with Crippen molar-refractivity contribution in [2.45, 2.75) is 5.03 Å². The Labute approximate surface area is 107 Å². The predicted octanol–water partition coefficient (Wildman–Crippen LogP) is 1.86. The van der Waals surface area contributed by atoms with Crippen molar-refractivity contribution in [3.63, 3.8) is 0 Å². The van der Waals surface area contributed by atoms with Crippen LogP contribution in [0.4, 0.5) is 0 Å². The third-order valence-electron chi connectivity index (χ3n) is 2.34. The molecule has 5 nitrogen and oxygen atoms in total. The Balaban J connectivity index is 2.64. The number of aromatic carboxylic acids is 1. The molecule has 1 heterocycles. The molecule has 0 aliphatic rings. The molecular formula is C12H10N2O3S. The number of nitrogens with zero attached hydrogens (tertiary/aromatic N) is 1. The van der Waals surface area contributed by atoms with Crippen molar-refractivity contribution in [2.24, 2.45) is 0 Å². The van der Waals surface area contributed by atoms with Crippen LogP contribution in [0.15, 0.2) is 40.2 Å². The molecule has 0 amide bonds. The Hall–Kier alpha value is -2.08. The maximum absolute atomic E-state index is 11.7. The van der Waals surface area contributed by atoms with Gasteiger partial charge in [0, 0.05) is 5.56 Å². The Morgan fingerprint density at radius 3 is 2.56 bits per heavy atom. The fraction of sp³-hybridized carbons (Fsp3) is 0.0833. The number of carboxylic acid groups (broad SMARTS) is 1. The van der Waals surface area contributed by atoms with Crippen LogP contribution in [0.2, 0.25) is 0 Å². The average molecular weight is 262 g/mol. The number of aromatic nitrogens is 2. The molecule has 0 spiro atoms. The van der Waals surface area contributed by atoms with E-state index < -0.39 is 11.5 Å². The van der Waals surface area contributed by atoms with Crippen molar-refractivity contribution in [3.05, 3.63) is 46.2 Å². The molecule has 18 heavy (non-hydrogen) atoms. The molecule has 2 aromatic rings. The zero-order valence-electron chi connectivity index (χ0n) is 9.51. The highest BCUT2D eigenvalue weighted by molar-refractivity contribution is 7.98. The van der Waals surface area contributed by atoms with Crippen LogP contribution in [0.3, 0.4) is 0 Å². The van der Waals surface area contributed by atoms with Crippen LogP contribution in [0.5, 0.6) is 0 Å². The molecule has 6 heteroatoms. The first-order chi connectivity index (χ1) is 8.63. The minimum absolute atomic E-state index is 0.213. The van der Waals surface area contributed by atoms with E-state index in [-0.39, 0.29) is 10.6 Å². The fourth-order valence-corrected chi connectivity index (χ4v) is 2.09. The van der Waals surface area contributed by atoms with Gasteiger partial charge in [-0.2, -0.15) is 0 Å². The van der Waals surface area contributed by atoms with E-state index in [0.717, 1.165) is 17.3 Å². The van der Waals surface area contributed by atoms with Crippen LogP contribution in [0.1, 0.15) is 10.4 Å². The smallest absolute Gasteiger partial charge is 0.344 e. The number of hydrogen-bond acceptors (Lipinski definition) is 4. The van der Waals surface area contributed by atoms with Crippen molar-refractivity contribution >= 4 is 17.7 Å². The van der Waals surface area contributed by atoms with Crippen molar-refractivity contribution < 1.29 is 9.90 Å². The van der Waals surface area contributed by atoms with E-state index in [0.29, 0.717) is 5.82 Å². The van der Waals surface area contributed by atoms with Crippen molar-refractivity contribution in [3.8, 4) is 11.4 Å². The molecular weight excluding hydrogens is 252 g/mol. The van der Waals surface area contributed by atoms with Gasteiger partial charge in [-0.05, 0) is 6.26 Å². The van der Waals surface area contributed by atoms with Gasteiger partial charge < -0.3 is 10.1 Å². The molecule has 2 rings (SSSR count). The Morgan fingerprint density at radius 1 is 1.33 bits per heavy atom. The molecule has 0 saturated heterocycles. The fourth-order valence-electron chi connectivity index (χ4n) is 1.52. The van der Waals surface area contributed by atoms with Crippen molar-refractivity contribution in [2.75, 3.05) is 6.26 Å². The molecule has 1 aromatic heterocycles. The minimum Gasteiger partial charge on any atom is -0.477 e. The molecule has 0 atom stereocenters. The summed E-state index contributed by atoms with van der Waals surface area (Å²) in [5, 5.41) is 9.18. The highest BCUT2D eigenvalue weighted by Crippen LogP contribution is 2.19. The molecule has 2 N–H and O–H groups in total. The first kappa shape index (κ1) is 12.4. The van der Waals surface area contributed by atoms with Crippen LogP contribution in [0.25, 0.3) is 11.4 Å². The molecule has 0 aliphatic heterocycles. The van der Waals surface area contributed by atoms with Gasteiger partial charge in [0.15, 0.2) is 5.56 Å². The summed E-state index contributed by atoms with van der Waals surface area (Å²) in [6.07, 6.45) is 1.68. The highest BCUT2D eigenvalue weighted by Gasteiger charge is 2.17. The zero-order valence-corrected chi connectivity index (χ0v) is 10.3. The van der Waals surface area contributed by atoms with E-state index in [1.807, 2.05) is 18.2 Å². The topological polar surface area (TPSA) is 83.0 Å². The van der Waals surface area contributed by atoms with E-state index in [4.69, 9.17) is 5.11 Å². The van der Waals surface area contributed by atoms with E-state index in [1.54, 1.807) is 18.4 Å². The third-order valence-corrected chi connectivity index (χ3v) is 3.02.